The molecule has 0 unspecified atom stereocenters. The number of aromatic nitrogens is 1. The number of aliphatic imine (C=N–C) groups is 1. The SMILES string of the molecule is CN=C(NCCN1CCCCC1)NCc1ccnc(N2CCCC2)c1. The van der Waals surface area contributed by atoms with Gasteiger partial charge in [0.1, 0.15) is 5.82 Å². The molecule has 2 saturated heterocycles. The molecule has 0 atom stereocenters. The Morgan fingerprint density at radius 1 is 1.08 bits per heavy atom. The van der Waals surface area contributed by atoms with Crippen molar-refractivity contribution in [3.8, 4) is 0 Å². The maximum atomic E-state index is 4.52. The van der Waals surface area contributed by atoms with Gasteiger partial charge in [-0.1, -0.05) is 6.42 Å². The van der Waals surface area contributed by atoms with E-state index in [0.29, 0.717) is 0 Å². The van der Waals surface area contributed by atoms with Crippen LogP contribution in [-0.4, -0.2) is 62.2 Å². The van der Waals surface area contributed by atoms with E-state index in [1.807, 2.05) is 13.2 Å². The van der Waals surface area contributed by atoms with Crippen molar-refractivity contribution in [1.29, 1.82) is 0 Å². The van der Waals surface area contributed by atoms with Gasteiger partial charge >= 0.3 is 0 Å². The monoisotopic (exact) mass is 344 g/mol. The highest BCUT2D eigenvalue weighted by molar-refractivity contribution is 5.79. The van der Waals surface area contributed by atoms with Crippen molar-refractivity contribution in [3.05, 3.63) is 23.9 Å². The Bertz CT molecular complexity index is 547. The number of anilines is 1. The Morgan fingerprint density at radius 2 is 1.84 bits per heavy atom. The minimum absolute atomic E-state index is 0.771. The molecule has 0 amide bonds. The number of piperidine rings is 1. The van der Waals surface area contributed by atoms with E-state index in [9.17, 15) is 0 Å². The molecule has 3 heterocycles. The number of nitrogens with one attached hydrogen (secondary N) is 2. The first-order valence-electron chi connectivity index (χ1n) is 9.72. The molecule has 0 bridgehead atoms. The highest BCUT2D eigenvalue weighted by Gasteiger charge is 2.13. The number of likely N-dealkylation sites (tertiary alicyclic amines) is 1. The second kappa shape index (κ2) is 9.61. The molecule has 1 aromatic heterocycles. The second-order valence-electron chi connectivity index (χ2n) is 6.97. The van der Waals surface area contributed by atoms with E-state index < -0.39 is 0 Å². The van der Waals surface area contributed by atoms with Gasteiger partial charge in [-0.05, 0) is 56.5 Å². The molecule has 0 aliphatic carbocycles. The van der Waals surface area contributed by atoms with Gasteiger partial charge in [0.15, 0.2) is 5.96 Å². The van der Waals surface area contributed by atoms with Crippen LogP contribution in [0.25, 0.3) is 0 Å². The average molecular weight is 345 g/mol. The van der Waals surface area contributed by atoms with E-state index in [2.05, 4.69) is 42.5 Å². The Balaban J connectivity index is 1.42. The zero-order valence-corrected chi connectivity index (χ0v) is 15.5. The first kappa shape index (κ1) is 18.0. The summed E-state index contributed by atoms with van der Waals surface area (Å²) in [6.07, 6.45) is 8.54. The predicted octanol–water partition coefficient (Wildman–Crippen LogP) is 1.83. The highest BCUT2D eigenvalue weighted by Crippen LogP contribution is 2.18. The molecule has 2 fully saturated rings. The fourth-order valence-electron chi connectivity index (χ4n) is 3.61. The molecule has 6 nitrogen and oxygen atoms in total. The van der Waals surface area contributed by atoms with Crippen LogP contribution in [0.3, 0.4) is 0 Å². The largest absolute Gasteiger partial charge is 0.357 e. The fraction of sp³-hybridized carbons (Fsp3) is 0.684. The topological polar surface area (TPSA) is 55.8 Å². The van der Waals surface area contributed by atoms with E-state index in [-0.39, 0.29) is 0 Å². The van der Waals surface area contributed by atoms with Crippen LogP contribution in [-0.2, 0) is 6.54 Å². The van der Waals surface area contributed by atoms with Crippen molar-refractivity contribution < 1.29 is 0 Å². The lowest BCUT2D eigenvalue weighted by molar-refractivity contribution is 0.232. The summed E-state index contributed by atoms with van der Waals surface area (Å²) in [5, 5.41) is 6.84. The molecular formula is C19H32N6. The summed E-state index contributed by atoms with van der Waals surface area (Å²) in [6, 6.07) is 4.27. The van der Waals surface area contributed by atoms with Crippen LogP contribution in [0.4, 0.5) is 5.82 Å². The van der Waals surface area contributed by atoms with E-state index in [4.69, 9.17) is 0 Å². The first-order chi connectivity index (χ1) is 12.3. The summed E-state index contributed by atoms with van der Waals surface area (Å²) in [6.45, 7) is 7.54. The van der Waals surface area contributed by atoms with Crippen LogP contribution in [0.1, 0.15) is 37.7 Å². The molecule has 138 valence electrons. The van der Waals surface area contributed by atoms with Crippen molar-refractivity contribution in [1.82, 2.24) is 20.5 Å². The third-order valence-electron chi connectivity index (χ3n) is 5.09. The van der Waals surface area contributed by atoms with Crippen LogP contribution >= 0.6 is 0 Å². The van der Waals surface area contributed by atoms with Crippen LogP contribution in [0.5, 0.6) is 0 Å². The summed E-state index contributed by atoms with van der Waals surface area (Å²) < 4.78 is 0. The lowest BCUT2D eigenvalue weighted by Gasteiger charge is -2.26. The predicted molar refractivity (Wildman–Crippen MR) is 104 cm³/mol. The maximum absolute atomic E-state index is 4.52. The van der Waals surface area contributed by atoms with Crippen LogP contribution in [0.15, 0.2) is 23.3 Å². The smallest absolute Gasteiger partial charge is 0.191 e. The van der Waals surface area contributed by atoms with Crippen molar-refractivity contribution >= 4 is 11.8 Å². The minimum Gasteiger partial charge on any atom is -0.357 e. The highest BCUT2D eigenvalue weighted by atomic mass is 15.2. The van der Waals surface area contributed by atoms with Crippen molar-refractivity contribution in [2.24, 2.45) is 4.99 Å². The van der Waals surface area contributed by atoms with E-state index in [0.717, 1.165) is 44.5 Å². The van der Waals surface area contributed by atoms with Crippen LogP contribution < -0.4 is 15.5 Å². The molecule has 2 N–H and O–H groups in total. The quantitative estimate of drug-likeness (QED) is 0.609. The zero-order chi connectivity index (χ0) is 17.3. The van der Waals surface area contributed by atoms with Crippen molar-refractivity contribution in [2.45, 2.75) is 38.6 Å². The third-order valence-corrected chi connectivity index (χ3v) is 5.09. The molecule has 6 heteroatoms. The number of hydrogen-bond acceptors (Lipinski definition) is 4. The van der Waals surface area contributed by atoms with Crippen LogP contribution in [0.2, 0.25) is 0 Å². The third kappa shape index (κ3) is 5.59. The summed E-state index contributed by atoms with van der Waals surface area (Å²) in [7, 11) is 1.83. The number of hydrogen-bond donors (Lipinski definition) is 2. The van der Waals surface area contributed by atoms with Gasteiger partial charge in [-0.3, -0.25) is 4.99 Å². The van der Waals surface area contributed by atoms with Gasteiger partial charge in [0.2, 0.25) is 0 Å². The molecule has 2 aliphatic rings. The number of guanidine groups is 1. The van der Waals surface area contributed by atoms with Crippen LogP contribution in [0, 0.1) is 0 Å². The molecule has 0 radical (unpaired) electrons. The summed E-state index contributed by atoms with van der Waals surface area (Å²) in [5.74, 6) is 1.97. The van der Waals surface area contributed by atoms with Crippen molar-refractivity contribution in [3.63, 3.8) is 0 Å². The molecule has 2 aliphatic heterocycles. The Kier molecular flexibility index (Phi) is 6.91. The molecule has 25 heavy (non-hydrogen) atoms. The summed E-state index contributed by atoms with van der Waals surface area (Å²) >= 11 is 0. The Morgan fingerprint density at radius 3 is 2.60 bits per heavy atom. The lowest BCUT2D eigenvalue weighted by Crippen LogP contribution is -2.42. The number of pyridine rings is 1. The van der Waals surface area contributed by atoms with Gasteiger partial charge in [-0.2, -0.15) is 0 Å². The Labute approximate surface area is 151 Å². The normalized spacial score (nSPS) is 19.2. The molecular weight excluding hydrogens is 312 g/mol. The van der Waals surface area contributed by atoms with Gasteiger partial charge < -0.3 is 20.4 Å². The molecule has 3 rings (SSSR count). The van der Waals surface area contributed by atoms with E-state index >= 15 is 0 Å². The number of rotatable bonds is 6. The molecule has 0 aromatic carbocycles. The molecule has 0 saturated carbocycles. The van der Waals surface area contributed by atoms with Gasteiger partial charge in [0, 0.05) is 46.0 Å². The van der Waals surface area contributed by atoms with E-state index in [1.54, 1.807) is 0 Å². The van der Waals surface area contributed by atoms with Gasteiger partial charge in [0.05, 0.1) is 0 Å². The fourth-order valence-corrected chi connectivity index (χ4v) is 3.61. The first-order valence-corrected chi connectivity index (χ1v) is 9.72. The summed E-state index contributed by atoms with van der Waals surface area (Å²) in [4.78, 5) is 13.8. The van der Waals surface area contributed by atoms with E-state index in [1.165, 1.54) is 50.8 Å². The zero-order valence-electron chi connectivity index (χ0n) is 15.5. The van der Waals surface area contributed by atoms with Gasteiger partial charge in [0.25, 0.3) is 0 Å². The molecule has 0 spiro atoms. The average Bonchev–Trinajstić information content (AvgIpc) is 3.20. The standard InChI is InChI=1S/C19H32N6/c1-20-19(22-9-14-24-10-3-2-4-11-24)23-16-17-7-8-21-18(15-17)25-12-5-6-13-25/h7-8,15H,2-6,9-14,16H2,1H3,(H2,20,22,23). The van der Waals surface area contributed by atoms with Gasteiger partial charge in [-0.25, -0.2) is 4.98 Å². The van der Waals surface area contributed by atoms with Crippen molar-refractivity contribution in [2.75, 3.05) is 51.2 Å². The Hall–Kier alpha value is -1.82. The van der Waals surface area contributed by atoms with Gasteiger partial charge in [-0.15, -0.1) is 0 Å². The minimum atomic E-state index is 0.771. The number of nitrogens with zero attached hydrogens (tertiary/aromatic N) is 4. The summed E-state index contributed by atoms with van der Waals surface area (Å²) in [5.41, 5.74) is 1.25. The lowest BCUT2D eigenvalue weighted by atomic mass is 10.1. The maximum Gasteiger partial charge on any atom is 0.191 e. The molecule has 1 aromatic rings. The second-order valence-corrected chi connectivity index (χ2v) is 6.97.